The van der Waals surface area contributed by atoms with Gasteiger partial charge in [-0.3, -0.25) is 4.57 Å². The van der Waals surface area contributed by atoms with Gasteiger partial charge < -0.3 is 4.57 Å². The van der Waals surface area contributed by atoms with E-state index >= 15 is 0 Å². The first-order chi connectivity index (χ1) is 22.3. The number of hydrogen-bond donors (Lipinski definition) is 0. The van der Waals surface area contributed by atoms with E-state index in [0.717, 1.165) is 38.2 Å². The summed E-state index contributed by atoms with van der Waals surface area (Å²) in [5, 5.41) is 7.12. The van der Waals surface area contributed by atoms with Crippen molar-refractivity contribution in [2.45, 2.75) is 0 Å². The molecule has 0 aliphatic heterocycles. The molecule has 0 atom stereocenters. The van der Waals surface area contributed by atoms with E-state index in [4.69, 9.17) is 9.97 Å². The molecule has 0 radical (unpaired) electrons. The normalized spacial score (nSPS) is 12.0. The Morgan fingerprint density at radius 3 is 1.71 bits per heavy atom. The number of rotatable bonds is 3. The molecule has 0 spiro atoms. The minimum atomic E-state index is 0.688. The first-order valence-corrected chi connectivity index (χ1v) is 15.9. The maximum absolute atomic E-state index is 5.44. The van der Waals surface area contributed by atoms with Gasteiger partial charge >= 0.3 is 0 Å². The number of aromatic nitrogens is 4. The molecule has 0 N–H and O–H groups in total. The van der Waals surface area contributed by atoms with Crippen LogP contribution in [0.3, 0.4) is 0 Å². The van der Waals surface area contributed by atoms with Crippen LogP contribution in [0.15, 0.2) is 146 Å². The molecule has 0 unspecified atom stereocenters. The van der Waals surface area contributed by atoms with Crippen LogP contribution in [-0.2, 0) is 0 Å². The van der Waals surface area contributed by atoms with Gasteiger partial charge in [-0.15, -0.1) is 11.3 Å². The Labute approximate surface area is 262 Å². The summed E-state index contributed by atoms with van der Waals surface area (Å²) in [6.45, 7) is 0. The Morgan fingerprint density at radius 1 is 0.444 bits per heavy atom. The molecule has 4 nitrogen and oxygen atoms in total. The summed E-state index contributed by atoms with van der Waals surface area (Å²) >= 11 is 1.73. The third kappa shape index (κ3) is 3.53. The van der Waals surface area contributed by atoms with Crippen molar-refractivity contribution in [1.29, 1.82) is 0 Å². The Hall–Kier alpha value is -5.78. The highest BCUT2D eigenvalue weighted by molar-refractivity contribution is 7.25. The van der Waals surface area contributed by atoms with Crippen LogP contribution in [0.1, 0.15) is 0 Å². The highest BCUT2D eigenvalue weighted by Crippen LogP contribution is 2.42. The maximum Gasteiger partial charge on any atom is 0.236 e. The molecule has 6 aromatic carbocycles. The second kappa shape index (κ2) is 9.36. The molecule has 45 heavy (non-hydrogen) atoms. The Balaban J connectivity index is 1.31. The minimum Gasteiger partial charge on any atom is -0.309 e. The molecule has 4 aromatic heterocycles. The number of hydrogen-bond acceptors (Lipinski definition) is 3. The van der Waals surface area contributed by atoms with E-state index in [9.17, 15) is 0 Å². The first-order valence-electron chi connectivity index (χ1n) is 15.1. The fourth-order valence-electron chi connectivity index (χ4n) is 7.03. The largest absolute Gasteiger partial charge is 0.309 e. The van der Waals surface area contributed by atoms with Gasteiger partial charge in [0.15, 0.2) is 0 Å². The monoisotopic (exact) mass is 592 g/mol. The average Bonchev–Trinajstić information content (AvgIpc) is 3.75. The zero-order valence-corrected chi connectivity index (χ0v) is 24.9. The van der Waals surface area contributed by atoms with Gasteiger partial charge in [0.1, 0.15) is 4.83 Å². The molecule has 0 saturated heterocycles. The first kappa shape index (κ1) is 24.6. The number of para-hydroxylation sites is 4. The van der Waals surface area contributed by atoms with Crippen molar-refractivity contribution >= 4 is 75.3 Å². The van der Waals surface area contributed by atoms with Crippen LogP contribution >= 0.6 is 11.3 Å². The summed E-state index contributed by atoms with van der Waals surface area (Å²) in [6, 6.07) is 51.7. The van der Waals surface area contributed by atoms with Crippen LogP contribution in [0.4, 0.5) is 0 Å². The SMILES string of the molecule is c1ccc(-n2c3ccccc3c3cc(-c4nc(-n5c6ccccc6c6ccccc65)nc5sc6ccccc6c45)ccc32)cc1. The maximum atomic E-state index is 5.44. The predicted molar refractivity (Wildman–Crippen MR) is 189 cm³/mol. The Bertz CT molecular complexity index is 2710. The third-order valence-corrected chi connectivity index (χ3v) is 10.0. The molecule has 0 amide bonds. The van der Waals surface area contributed by atoms with E-state index < -0.39 is 0 Å². The van der Waals surface area contributed by atoms with Crippen molar-refractivity contribution in [2.24, 2.45) is 0 Å². The number of benzene rings is 6. The highest BCUT2D eigenvalue weighted by atomic mass is 32.1. The van der Waals surface area contributed by atoms with E-state index in [1.807, 2.05) is 0 Å². The summed E-state index contributed by atoms with van der Waals surface area (Å²) in [5.41, 5.74) is 7.76. The van der Waals surface area contributed by atoms with Crippen molar-refractivity contribution < 1.29 is 0 Å². The second-order valence-electron chi connectivity index (χ2n) is 11.4. The standard InChI is InChI=1S/C40H24N4S/c1-2-12-26(13-3-1)43-32-18-8-6-16-29(32)31-24-25(22-23-35(31)43)38-37-30-17-7-11-21-36(30)45-39(37)42-40(41-38)44-33-19-9-4-14-27(33)28-15-5-10-20-34(28)44/h1-24H. The highest BCUT2D eigenvalue weighted by Gasteiger charge is 2.21. The molecule has 4 heterocycles. The number of thiophene rings is 1. The van der Waals surface area contributed by atoms with E-state index in [-0.39, 0.29) is 0 Å². The molecule has 0 bridgehead atoms. The lowest BCUT2D eigenvalue weighted by molar-refractivity contribution is 1.02. The quantitative estimate of drug-likeness (QED) is 0.205. The van der Waals surface area contributed by atoms with Crippen molar-refractivity contribution in [3.63, 3.8) is 0 Å². The van der Waals surface area contributed by atoms with Crippen molar-refractivity contribution in [3.05, 3.63) is 146 Å². The van der Waals surface area contributed by atoms with E-state index in [2.05, 4.69) is 155 Å². The van der Waals surface area contributed by atoms with Gasteiger partial charge in [0, 0.05) is 48.3 Å². The van der Waals surface area contributed by atoms with Crippen LogP contribution in [0.2, 0.25) is 0 Å². The Kier molecular flexibility index (Phi) is 5.12. The van der Waals surface area contributed by atoms with Crippen molar-refractivity contribution in [3.8, 4) is 22.9 Å². The van der Waals surface area contributed by atoms with Gasteiger partial charge in [-0.25, -0.2) is 9.97 Å². The summed E-state index contributed by atoms with van der Waals surface area (Å²) in [5.74, 6) is 0.688. The van der Waals surface area contributed by atoms with Gasteiger partial charge in [-0.2, -0.15) is 0 Å². The molecule has 0 saturated carbocycles. The zero-order valence-electron chi connectivity index (χ0n) is 24.1. The summed E-state index contributed by atoms with van der Waals surface area (Å²) < 4.78 is 5.79. The smallest absolute Gasteiger partial charge is 0.236 e. The average molecular weight is 593 g/mol. The number of fused-ring (bicyclic) bond motifs is 9. The van der Waals surface area contributed by atoms with Gasteiger partial charge in [-0.05, 0) is 48.5 Å². The van der Waals surface area contributed by atoms with E-state index in [1.54, 1.807) is 11.3 Å². The summed E-state index contributed by atoms with van der Waals surface area (Å²) in [6.07, 6.45) is 0. The lowest BCUT2D eigenvalue weighted by Crippen LogP contribution is -2.02. The van der Waals surface area contributed by atoms with Gasteiger partial charge in [-0.1, -0.05) is 97.1 Å². The lowest BCUT2D eigenvalue weighted by atomic mass is 10.0. The molecule has 10 rings (SSSR count). The van der Waals surface area contributed by atoms with E-state index in [1.165, 1.54) is 42.7 Å². The topological polar surface area (TPSA) is 35.6 Å². The van der Waals surface area contributed by atoms with Crippen LogP contribution < -0.4 is 0 Å². The summed E-state index contributed by atoms with van der Waals surface area (Å²) in [7, 11) is 0. The minimum absolute atomic E-state index is 0.688. The third-order valence-electron chi connectivity index (χ3n) is 8.97. The lowest BCUT2D eigenvalue weighted by Gasteiger charge is -2.11. The molecule has 10 aromatic rings. The molecule has 0 fully saturated rings. The fraction of sp³-hybridized carbons (Fsp3) is 0. The van der Waals surface area contributed by atoms with Gasteiger partial charge in [0.05, 0.1) is 27.8 Å². The van der Waals surface area contributed by atoms with Crippen molar-refractivity contribution in [2.75, 3.05) is 0 Å². The second-order valence-corrected chi connectivity index (χ2v) is 12.5. The van der Waals surface area contributed by atoms with Crippen LogP contribution in [0, 0.1) is 0 Å². The fourth-order valence-corrected chi connectivity index (χ4v) is 8.11. The van der Waals surface area contributed by atoms with Crippen LogP contribution in [0.25, 0.3) is 86.8 Å². The van der Waals surface area contributed by atoms with Crippen LogP contribution in [0.5, 0.6) is 0 Å². The molecule has 0 aliphatic rings. The molecular formula is C40H24N4S. The molecule has 5 heteroatoms. The molecule has 210 valence electrons. The molecular weight excluding hydrogens is 569 g/mol. The summed E-state index contributed by atoms with van der Waals surface area (Å²) in [4.78, 5) is 11.7. The van der Waals surface area contributed by atoms with Crippen molar-refractivity contribution in [1.82, 2.24) is 19.1 Å². The Morgan fingerprint density at radius 2 is 1.00 bits per heavy atom. The van der Waals surface area contributed by atoms with E-state index in [0.29, 0.717) is 5.95 Å². The van der Waals surface area contributed by atoms with Gasteiger partial charge in [0.25, 0.3) is 0 Å². The zero-order chi connectivity index (χ0) is 29.5. The van der Waals surface area contributed by atoms with Gasteiger partial charge in [0.2, 0.25) is 5.95 Å². The van der Waals surface area contributed by atoms with Crippen LogP contribution in [-0.4, -0.2) is 19.1 Å². The number of nitrogens with zero attached hydrogens (tertiary/aromatic N) is 4. The molecule has 0 aliphatic carbocycles. The predicted octanol–water partition coefficient (Wildman–Crippen LogP) is 10.7.